The number of ether oxygens (including phenoxy) is 1. The number of carbonyl (C=O) groups excluding carboxylic acids is 1. The van der Waals surface area contributed by atoms with E-state index in [0.717, 1.165) is 6.07 Å². The molecule has 0 saturated heterocycles. The highest BCUT2D eigenvalue weighted by Crippen LogP contribution is 2.33. The number of alkyl halides is 3. The van der Waals surface area contributed by atoms with Gasteiger partial charge in [-0.3, -0.25) is 0 Å². The van der Waals surface area contributed by atoms with Gasteiger partial charge in [0.1, 0.15) is 6.61 Å². The third-order valence-corrected chi connectivity index (χ3v) is 2.38. The van der Waals surface area contributed by atoms with E-state index in [1.165, 1.54) is 18.2 Å². The van der Waals surface area contributed by atoms with Crippen LogP contribution in [0.1, 0.15) is 24.1 Å². The fourth-order valence-electron chi connectivity index (χ4n) is 1.53. The van der Waals surface area contributed by atoms with Gasteiger partial charge in [-0.25, -0.2) is 4.79 Å². The zero-order valence-corrected chi connectivity index (χ0v) is 11.6. The van der Waals surface area contributed by atoms with Crippen LogP contribution in [-0.4, -0.2) is 19.2 Å². The summed E-state index contributed by atoms with van der Waals surface area (Å²) in [5, 5.41) is 2.36. The molecule has 1 amide bonds. The summed E-state index contributed by atoms with van der Waals surface area (Å²) in [6, 6.07) is 3.93. The van der Waals surface area contributed by atoms with E-state index < -0.39 is 23.9 Å². The highest BCUT2D eigenvalue weighted by atomic mass is 35.5. The molecule has 0 saturated carbocycles. The molecule has 0 radical (unpaired) electrons. The molecule has 0 aliphatic carbocycles. The average Bonchev–Trinajstić information content (AvgIpc) is 2.35. The molecule has 0 spiro atoms. The maximum atomic E-state index is 12.8. The highest BCUT2D eigenvalue weighted by molar-refractivity contribution is 5.85. The van der Waals surface area contributed by atoms with Gasteiger partial charge in [0.2, 0.25) is 0 Å². The van der Waals surface area contributed by atoms with Gasteiger partial charge in [-0.2, -0.15) is 13.2 Å². The molecule has 1 aromatic carbocycles. The molecule has 3 N–H and O–H groups in total. The van der Waals surface area contributed by atoms with Gasteiger partial charge in [-0.15, -0.1) is 12.4 Å². The zero-order valence-electron chi connectivity index (χ0n) is 10.7. The smallest absolute Gasteiger partial charge is 0.416 e. The molecule has 0 heterocycles. The molecule has 8 heteroatoms. The number of nitrogens with two attached hydrogens (primary N) is 1. The van der Waals surface area contributed by atoms with Crippen molar-refractivity contribution in [3.05, 3.63) is 35.4 Å². The van der Waals surface area contributed by atoms with E-state index in [1.54, 1.807) is 6.92 Å². The summed E-state index contributed by atoms with van der Waals surface area (Å²) in [4.78, 5) is 11.0. The van der Waals surface area contributed by atoms with E-state index in [0.29, 0.717) is 6.54 Å². The number of nitrogens with one attached hydrogen (secondary N) is 1. The van der Waals surface area contributed by atoms with Crippen molar-refractivity contribution in [1.29, 1.82) is 0 Å². The van der Waals surface area contributed by atoms with Crippen LogP contribution in [0.4, 0.5) is 18.0 Å². The van der Waals surface area contributed by atoms with Crippen LogP contribution in [0.5, 0.6) is 0 Å². The van der Waals surface area contributed by atoms with E-state index in [4.69, 9.17) is 10.5 Å². The van der Waals surface area contributed by atoms with Crippen LogP contribution >= 0.6 is 12.4 Å². The van der Waals surface area contributed by atoms with Crippen molar-refractivity contribution in [2.24, 2.45) is 5.73 Å². The Kier molecular flexibility index (Phi) is 7.38. The first kappa shape index (κ1) is 18.5. The predicted octanol–water partition coefficient (Wildman–Crippen LogP) is 2.87. The molecular weight excluding hydrogens is 297 g/mol. The molecule has 1 aromatic rings. The maximum Gasteiger partial charge on any atom is 0.416 e. The molecule has 0 aliphatic rings. The number of hydrogen-bond acceptors (Lipinski definition) is 3. The number of hydrogen-bond donors (Lipinski definition) is 2. The quantitative estimate of drug-likeness (QED) is 0.898. The molecule has 0 aliphatic heterocycles. The third-order valence-electron chi connectivity index (χ3n) is 2.38. The van der Waals surface area contributed by atoms with Gasteiger partial charge >= 0.3 is 12.3 Å². The van der Waals surface area contributed by atoms with Crippen LogP contribution in [-0.2, 0) is 10.9 Å². The Bertz CT molecular complexity index is 441. The first-order valence-corrected chi connectivity index (χ1v) is 5.68. The molecular formula is C12H16ClF3N2O2. The van der Waals surface area contributed by atoms with Crippen LogP contribution < -0.4 is 11.1 Å². The SMILES string of the molecule is CCNC(=O)OCC(N)c1ccccc1C(F)(F)F.Cl. The van der Waals surface area contributed by atoms with Crippen LogP contribution in [0.3, 0.4) is 0 Å². The summed E-state index contributed by atoms with van der Waals surface area (Å²) in [5.41, 5.74) is 4.72. The van der Waals surface area contributed by atoms with Gasteiger partial charge < -0.3 is 15.8 Å². The lowest BCUT2D eigenvalue weighted by Gasteiger charge is -2.18. The molecule has 0 aromatic heterocycles. The summed E-state index contributed by atoms with van der Waals surface area (Å²) in [6.07, 6.45) is -5.19. The van der Waals surface area contributed by atoms with E-state index >= 15 is 0 Å². The van der Waals surface area contributed by atoms with Gasteiger partial charge in [0.05, 0.1) is 11.6 Å². The number of halogens is 4. The van der Waals surface area contributed by atoms with Crippen LogP contribution in [0.25, 0.3) is 0 Å². The summed E-state index contributed by atoms with van der Waals surface area (Å²) in [6.45, 7) is 1.74. The number of rotatable bonds is 4. The van der Waals surface area contributed by atoms with Gasteiger partial charge in [0.25, 0.3) is 0 Å². The Hall–Kier alpha value is -1.47. The fourth-order valence-corrected chi connectivity index (χ4v) is 1.53. The Morgan fingerprint density at radius 1 is 1.40 bits per heavy atom. The van der Waals surface area contributed by atoms with E-state index in [2.05, 4.69) is 5.32 Å². The lowest BCUT2D eigenvalue weighted by atomic mass is 10.0. The van der Waals surface area contributed by atoms with Crippen molar-refractivity contribution in [2.75, 3.05) is 13.2 Å². The maximum absolute atomic E-state index is 12.8. The molecule has 1 rings (SSSR count). The van der Waals surface area contributed by atoms with Crippen molar-refractivity contribution in [1.82, 2.24) is 5.32 Å². The van der Waals surface area contributed by atoms with Crippen molar-refractivity contribution in [3.8, 4) is 0 Å². The van der Waals surface area contributed by atoms with E-state index in [1.807, 2.05) is 0 Å². The van der Waals surface area contributed by atoms with Gasteiger partial charge in [-0.05, 0) is 18.6 Å². The highest BCUT2D eigenvalue weighted by Gasteiger charge is 2.34. The minimum Gasteiger partial charge on any atom is -0.448 e. The predicted molar refractivity (Wildman–Crippen MR) is 70.6 cm³/mol. The Balaban J connectivity index is 0.00000361. The van der Waals surface area contributed by atoms with Crippen molar-refractivity contribution >= 4 is 18.5 Å². The zero-order chi connectivity index (χ0) is 14.5. The minimum atomic E-state index is -4.49. The molecule has 114 valence electrons. The first-order valence-electron chi connectivity index (χ1n) is 5.68. The summed E-state index contributed by atoms with van der Waals surface area (Å²) < 4.78 is 43.0. The second-order valence-corrected chi connectivity index (χ2v) is 3.82. The Labute approximate surface area is 120 Å². The molecule has 0 fully saturated rings. The van der Waals surface area contributed by atoms with Gasteiger partial charge in [0.15, 0.2) is 0 Å². The Morgan fingerprint density at radius 2 is 2.00 bits per heavy atom. The number of amides is 1. The average molecular weight is 313 g/mol. The van der Waals surface area contributed by atoms with Crippen molar-refractivity contribution in [2.45, 2.75) is 19.1 Å². The summed E-state index contributed by atoms with van der Waals surface area (Å²) in [7, 11) is 0. The van der Waals surface area contributed by atoms with Gasteiger partial charge in [-0.1, -0.05) is 18.2 Å². The largest absolute Gasteiger partial charge is 0.448 e. The van der Waals surface area contributed by atoms with Crippen LogP contribution in [0.15, 0.2) is 24.3 Å². The fraction of sp³-hybridized carbons (Fsp3) is 0.417. The number of benzene rings is 1. The van der Waals surface area contributed by atoms with E-state index in [-0.39, 0.29) is 24.6 Å². The van der Waals surface area contributed by atoms with Gasteiger partial charge in [0, 0.05) is 6.54 Å². The van der Waals surface area contributed by atoms with Crippen LogP contribution in [0.2, 0.25) is 0 Å². The van der Waals surface area contributed by atoms with Crippen LogP contribution in [0, 0.1) is 0 Å². The second kappa shape index (κ2) is 7.96. The molecule has 1 unspecified atom stereocenters. The standard InChI is InChI=1S/C12H15F3N2O2.ClH/c1-2-17-11(18)19-7-10(16)8-5-3-4-6-9(8)12(13,14)15;/h3-6,10H,2,7,16H2,1H3,(H,17,18);1H. The monoisotopic (exact) mass is 312 g/mol. The Morgan fingerprint density at radius 3 is 2.55 bits per heavy atom. The third kappa shape index (κ3) is 5.26. The van der Waals surface area contributed by atoms with Crippen molar-refractivity contribution < 1.29 is 22.7 Å². The normalized spacial score (nSPS) is 12.2. The summed E-state index contributed by atoms with van der Waals surface area (Å²) in [5.74, 6) is 0. The second-order valence-electron chi connectivity index (χ2n) is 3.82. The summed E-state index contributed by atoms with van der Waals surface area (Å²) >= 11 is 0. The number of alkyl carbamates (subject to hydrolysis) is 1. The first-order chi connectivity index (χ1) is 8.86. The lowest BCUT2D eigenvalue weighted by molar-refractivity contribution is -0.138. The molecule has 4 nitrogen and oxygen atoms in total. The minimum absolute atomic E-state index is 0. The lowest BCUT2D eigenvalue weighted by Crippen LogP contribution is -2.28. The number of carbonyl (C=O) groups is 1. The molecule has 0 bridgehead atoms. The molecule has 1 atom stereocenters. The topological polar surface area (TPSA) is 64.3 Å². The van der Waals surface area contributed by atoms with Crippen molar-refractivity contribution in [3.63, 3.8) is 0 Å². The molecule has 20 heavy (non-hydrogen) atoms. The van der Waals surface area contributed by atoms with E-state index in [9.17, 15) is 18.0 Å².